The van der Waals surface area contributed by atoms with Crippen molar-refractivity contribution in [2.75, 3.05) is 32.6 Å². The van der Waals surface area contributed by atoms with Crippen LogP contribution in [0.15, 0.2) is 59.6 Å². The van der Waals surface area contributed by atoms with E-state index in [9.17, 15) is 22.8 Å². The number of aldehydes is 1. The largest absolute Gasteiger partial charge is 0.492 e. The summed E-state index contributed by atoms with van der Waals surface area (Å²) in [5.41, 5.74) is 2.08. The molecule has 1 aromatic heterocycles. The number of nitrogens with zero attached hydrogens (tertiary/aromatic N) is 2. The molecule has 0 saturated carbocycles. The van der Waals surface area contributed by atoms with Gasteiger partial charge in [0, 0.05) is 29.8 Å². The lowest BCUT2D eigenvalue weighted by Gasteiger charge is -2.17. The molecule has 2 aromatic carbocycles. The summed E-state index contributed by atoms with van der Waals surface area (Å²) in [6.07, 6.45) is 1.63. The van der Waals surface area contributed by atoms with E-state index in [0.717, 1.165) is 16.5 Å². The third-order valence-electron chi connectivity index (χ3n) is 5.21. The fourth-order valence-electron chi connectivity index (χ4n) is 3.63. The van der Waals surface area contributed by atoms with Crippen molar-refractivity contribution < 1.29 is 32.6 Å². The van der Waals surface area contributed by atoms with E-state index in [2.05, 4.69) is 15.0 Å². The highest BCUT2D eigenvalue weighted by Crippen LogP contribution is 2.28. The van der Waals surface area contributed by atoms with Crippen LogP contribution in [0.5, 0.6) is 5.75 Å². The molecule has 1 unspecified atom stereocenters. The van der Waals surface area contributed by atoms with Crippen molar-refractivity contribution >= 4 is 44.8 Å². The van der Waals surface area contributed by atoms with Crippen LogP contribution < -0.4 is 14.8 Å². The Labute approximate surface area is 214 Å². The molecule has 1 amide bonds. The molecular formula is C25H28N4O7S. The van der Waals surface area contributed by atoms with Crippen LogP contribution in [-0.4, -0.2) is 74.9 Å². The normalized spacial score (nSPS) is 12.3. The molecule has 196 valence electrons. The predicted octanol–water partition coefficient (Wildman–Crippen LogP) is 1.68. The number of carboxylic acids is 1. The van der Waals surface area contributed by atoms with Gasteiger partial charge in [0.2, 0.25) is 15.9 Å². The van der Waals surface area contributed by atoms with E-state index in [1.54, 1.807) is 25.2 Å². The number of fused-ring (bicyclic) bond motifs is 1. The molecule has 3 aromatic rings. The Bertz CT molecular complexity index is 1390. The number of hydrogen-bond donors (Lipinski definition) is 3. The van der Waals surface area contributed by atoms with E-state index < -0.39 is 28.5 Å². The third-order valence-corrected chi connectivity index (χ3v) is 6.74. The van der Waals surface area contributed by atoms with E-state index in [1.807, 2.05) is 30.3 Å². The summed E-state index contributed by atoms with van der Waals surface area (Å²) in [7, 11) is -0.872. The minimum Gasteiger partial charge on any atom is -0.492 e. The van der Waals surface area contributed by atoms with Gasteiger partial charge in [-0.3, -0.25) is 14.6 Å². The fraction of sp³-hybridized carbons (Fsp3) is 0.280. The molecule has 11 nitrogen and oxygen atoms in total. The first kappa shape index (κ1) is 27.7. The first-order valence-corrected chi connectivity index (χ1v) is 12.8. The second kappa shape index (κ2) is 12.4. The van der Waals surface area contributed by atoms with Crippen LogP contribution in [0, 0.1) is 0 Å². The molecule has 0 fully saturated rings. The number of aromatic nitrogens is 1. The number of carbonyl (C=O) groups is 3. The van der Waals surface area contributed by atoms with Gasteiger partial charge in [-0.1, -0.05) is 18.2 Å². The number of likely N-dealkylation sites (N-methyl/N-ethyl adjacent to an activating group) is 1. The van der Waals surface area contributed by atoms with Gasteiger partial charge in [0.15, 0.2) is 0 Å². The van der Waals surface area contributed by atoms with Crippen molar-refractivity contribution in [3.05, 3.63) is 60.3 Å². The number of carboxylic acid groups (broad SMARTS) is 1. The molecule has 3 rings (SSSR count). The number of aliphatic carboxylic acids is 1. The molecule has 37 heavy (non-hydrogen) atoms. The molecular weight excluding hydrogens is 500 g/mol. The van der Waals surface area contributed by atoms with E-state index in [4.69, 9.17) is 9.84 Å². The highest BCUT2D eigenvalue weighted by Gasteiger charge is 2.25. The molecule has 1 heterocycles. The van der Waals surface area contributed by atoms with E-state index in [-0.39, 0.29) is 36.0 Å². The van der Waals surface area contributed by atoms with Crippen molar-refractivity contribution in [2.45, 2.75) is 23.8 Å². The number of amides is 1. The molecule has 12 heteroatoms. The summed E-state index contributed by atoms with van der Waals surface area (Å²) >= 11 is 0. The Morgan fingerprint density at radius 2 is 1.95 bits per heavy atom. The Morgan fingerprint density at radius 3 is 2.65 bits per heavy atom. The highest BCUT2D eigenvalue weighted by molar-refractivity contribution is 7.89. The van der Waals surface area contributed by atoms with Gasteiger partial charge in [0.1, 0.15) is 16.9 Å². The van der Waals surface area contributed by atoms with Gasteiger partial charge in [-0.25, -0.2) is 13.1 Å². The Kier molecular flexibility index (Phi) is 9.28. The quantitative estimate of drug-likeness (QED) is 0.281. The monoisotopic (exact) mass is 528 g/mol. The molecule has 1 atom stereocenters. The number of rotatable bonds is 13. The smallest absolute Gasteiger partial charge is 0.305 e. The molecule has 0 aliphatic rings. The Morgan fingerprint density at radius 1 is 1.16 bits per heavy atom. The molecule has 0 aliphatic heterocycles. The standard InChI is InChI=1S/C25H28N4O7S/c1-29(2)15-24(31)27-18-8-9-23(37(34,35)28-19(16-30)14-25(32)33)22(13-18)36-12-10-17-5-3-7-21-20(17)6-4-11-26-21/h3-9,11,13,16,19,28H,10,12,14-15H2,1-2H3,(H,27,31)(H,32,33). The zero-order valence-electron chi connectivity index (χ0n) is 20.4. The van der Waals surface area contributed by atoms with E-state index >= 15 is 0 Å². The second-order valence-electron chi connectivity index (χ2n) is 8.49. The second-order valence-corrected chi connectivity index (χ2v) is 10.2. The number of anilines is 1. The number of nitrogens with one attached hydrogen (secondary N) is 2. The van der Waals surface area contributed by atoms with Crippen LogP contribution in [-0.2, 0) is 30.8 Å². The maximum atomic E-state index is 13.0. The van der Waals surface area contributed by atoms with Crippen LogP contribution in [0.4, 0.5) is 5.69 Å². The van der Waals surface area contributed by atoms with Crippen molar-refractivity contribution in [3.8, 4) is 5.75 Å². The van der Waals surface area contributed by atoms with Crippen molar-refractivity contribution in [2.24, 2.45) is 0 Å². The Balaban J connectivity index is 1.87. The summed E-state index contributed by atoms with van der Waals surface area (Å²) in [5.74, 6) is -1.70. The molecule has 0 bridgehead atoms. The SMILES string of the molecule is CN(C)CC(=O)Nc1ccc(S(=O)(=O)NC(C=O)CC(=O)O)c(OCCc2cccc3ncccc23)c1. The number of pyridine rings is 1. The zero-order valence-corrected chi connectivity index (χ0v) is 21.2. The van der Waals surface area contributed by atoms with E-state index in [1.165, 1.54) is 18.2 Å². The first-order valence-electron chi connectivity index (χ1n) is 11.3. The van der Waals surface area contributed by atoms with Gasteiger partial charge in [-0.05, 0) is 43.9 Å². The molecule has 0 radical (unpaired) electrons. The summed E-state index contributed by atoms with van der Waals surface area (Å²) < 4.78 is 34.1. The molecule has 0 saturated heterocycles. The lowest BCUT2D eigenvalue weighted by Crippen LogP contribution is -2.37. The number of sulfonamides is 1. The number of hydrogen-bond acceptors (Lipinski definition) is 8. The average molecular weight is 529 g/mol. The zero-order chi connectivity index (χ0) is 27.0. The number of benzene rings is 2. The number of ether oxygens (including phenoxy) is 1. The summed E-state index contributed by atoms with van der Waals surface area (Å²) in [4.78, 5) is 40.2. The highest BCUT2D eigenvalue weighted by atomic mass is 32.2. The fourth-order valence-corrected chi connectivity index (χ4v) is 4.93. The minimum absolute atomic E-state index is 0.0616. The van der Waals surface area contributed by atoms with Crippen molar-refractivity contribution in [3.63, 3.8) is 0 Å². The minimum atomic E-state index is -4.34. The lowest BCUT2D eigenvalue weighted by molar-refractivity contribution is -0.138. The molecule has 3 N–H and O–H groups in total. The van der Waals surface area contributed by atoms with Crippen LogP contribution in [0.25, 0.3) is 10.9 Å². The van der Waals surface area contributed by atoms with Gasteiger partial charge in [0.05, 0.1) is 31.1 Å². The van der Waals surface area contributed by atoms with Gasteiger partial charge in [0.25, 0.3) is 0 Å². The summed E-state index contributed by atoms with van der Waals surface area (Å²) in [6.45, 7) is 0.209. The van der Waals surface area contributed by atoms with Crippen LogP contribution in [0.1, 0.15) is 12.0 Å². The summed E-state index contributed by atoms with van der Waals surface area (Å²) in [6, 6.07) is 12.0. The topological polar surface area (TPSA) is 155 Å². The lowest BCUT2D eigenvalue weighted by atomic mass is 10.1. The average Bonchev–Trinajstić information content (AvgIpc) is 2.82. The van der Waals surface area contributed by atoms with Crippen molar-refractivity contribution in [1.82, 2.24) is 14.6 Å². The van der Waals surface area contributed by atoms with Crippen LogP contribution in [0.3, 0.4) is 0 Å². The van der Waals surface area contributed by atoms with Crippen LogP contribution in [0.2, 0.25) is 0 Å². The molecule has 0 aliphatic carbocycles. The number of carbonyl (C=O) groups excluding carboxylic acids is 2. The summed E-state index contributed by atoms with van der Waals surface area (Å²) in [5, 5.41) is 12.6. The van der Waals surface area contributed by atoms with Gasteiger partial charge < -0.3 is 24.9 Å². The maximum absolute atomic E-state index is 13.0. The third kappa shape index (κ3) is 7.81. The van der Waals surface area contributed by atoms with Gasteiger partial charge >= 0.3 is 5.97 Å². The first-order chi connectivity index (χ1) is 17.6. The van der Waals surface area contributed by atoms with E-state index in [0.29, 0.717) is 12.1 Å². The Hall–Kier alpha value is -3.87. The molecule has 0 spiro atoms. The van der Waals surface area contributed by atoms with Gasteiger partial charge in [-0.2, -0.15) is 0 Å². The van der Waals surface area contributed by atoms with Gasteiger partial charge in [-0.15, -0.1) is 0 Å². The predicted molar refractivity (Wildman–Crippen MR) is 137 cm³/mol. The van der Waals surface area contributed by atoms with Crippen LogP contribution >= 0.6 is 0 Å². The maximum Gasteiger partial charge on any atom is 0.305 e. The van der Waals surface area contributed by atoms with Crippen molar-refractivity contribution in [1.29, 1.82) is 0 Å².